The number of carbonyl (C=O) groups excluding carboxylic acids is 2. The highest BCUT2D eigenvalue weighted by atomic mass is 32.1. The van der Waals surface area contributed by atoms with Crippen molar-refractivity contribution in [3.05, 3.63) is 22.4 Å². The number of piperidine rings is 1. The Bertz CT molecular complexity index is 560. The Morgan fingerprint density at radius 1 is 1.08 bits per heavy atom. The van der Waals surface area contributed by atoms with Crippen molar-refractivity contribution >= 4 is 23.2 Å². The number of likely N-dealkylation sites (tertiary alicyclic amines) is 2. The van der Waals surface area contributed by atoms with E-state index in [2.05, 4.69) is 10.2 Å². The zero-order valence-electron chi connectivity index (χ0n) is 15.6. The Balaban J connectivity index is 1.31. The molecule has 5 nitrogen and oxygen atoms in total. The van der Waals surface area contributed by atoms with Gasteiger partial charge in [-0.2, -0.15) is 0 Å². The molecular weight excluding hydrogens is 346 g/mol. The van der Waals surface area contributed by atoms with Gasteiger partial charge in [0.25, 0.3) is 5.91 Å². The summed E-state index contributed by atoms with van der Waals surface area (Å²) in [5.74, 6) is 0.334. The van der Waals surface area contributed by atoms with Crippen LogP contribution in [0.3, 0.4) is 0 Å². The predicted octanol–water partition coefficient (Wildman–Crippen LogP) is 2.98. The third kappa shape index (κ3) is 5.55. The Kier molecular flexibility index (Phi) is 7.50. The van der Waals surface area contributed by atoms with E-state index in [1.54, 1.807) is 0 Å². The molecule has 144 valence electrons. The first-order valence-electron chi connectivity index (χ1n) is 10.1. The standard InChI is InChI=1S/C20H31N3O2S/c24-19(21-10-6-13-22-11-3-1-2-4-12-22)17-8-14-23(15-9-17)20(25)18-7-5-16-26-18/h5,7,16-17H,1-4,6,8-15H2,(H,21,24). The Morgan fingerprint density at radius 3 is 2.46 bits per heavy atom. The summed E-state index contributed by atoms with van der Waals surface area (Å²) in [7, 11) is 0. The Morgan fingerprint density at radius 2 is 1.81 bits per heavy atom. The zero-order chi connectivity index (χ0) is 18.2. The van der Waals surface area contributed by atoms with Crippen molar-refractivity contribution in [2.75, 3.05) is 39.3 Å². The van der Waals surface area contributed by atoms with Gasteiger partial charge in [0.1, 0.15) is 0 Å². The van der Waals surface area contributed by atoms with E-state index in [1.165, 1.54) is 50.1 Å². The largest absolute Gasteiger partial charge is 0.356 e. The van der Waals surface area contributed by atoms with Crippen molar-refractivity contribution in [2.45, 2.75) is 44.9 Å². The van der Waals surface area contributed by atoms with Crippen LogP contribution in [0.15, 0.2) is 17.5 Å². The zero-order valence-corrected chi connectivity index (χ0v) is 16.4. The van der Waals surface area contributed by atoms with Gasteiger partial charge in [-0.3, -0.25) is 9.59 Å². The first-order valence-corrected chi connectivity index (χ1v) is 10.9. The second-order valence-electron chi connectivity index (χ2n) is 7.44. The minimum Gasteiger partial charge on any atom is -0.356 e. The molecule has 0 spiro atoms. The molecule has 3 heterocycles. The van der Waals surface area contributed by atoms with Gasteiger partial charge < -0.3 is 15.1 Å². The van der Waals surface area contributed by atoms with Gasteiger partial charge in [-0.15, -0.1) is 11.3 Å². The van der Waals surface area contributed by atoms with Crippen LogP contribution < -0.4 is 5.32 Å². The van der Waals surface area contributed by atoms with E-state index in [4.69, 9.17) is 0 Å². The van der Waals surface area contributed by atoms with Crippen molar-refractivity contribution in [3.8, 4) is 0 Å². The topological polar surface area (TPSA) is 52.7 Å². The molecular formula is C20H31N3O2S. The van der Waals surface area contributed by atoms with Crippen LogP contribution in [0.2, 0.25) is 0 Å². The van der Waals surface area contributed by atoms with Gasteiger partial charge in [0, 0.05) is 25.6 Å². The molecule has 1 N–H and O–H groups in total. The number of carbonyl (C=O) groups is 2. The van der Waals surface area contributed by atoms with Crippen LogP contribution >= 0.6 is 11.3 Å². The van der Waals surface area contributed by atoms with Gasteiger partial charge in [0.15, 0.2) is 0 Å². The quantitative estimate of drug-likeness (QED) is 0.776. The third-order valence-electron chi connectivity index (χ3n) is 5.53. The molecule has 0 atom stereocenters. The number of nitrogens with zero attached hydrogens (tertiary/aromatic N) is 2. The minimum absolute atomic E-state index is 0.0561. The molecule has 0 unspecified atom stereocenters. The van der Waals surface area contributed by atoms with E-state index in [9.17, 15) is 9.59 Å². The summed E-state index contributed by atoms with van der Waals surface area (Å²) < 4.78 is 0. The Labute approximate surface area is 160 Å². The summed E-state index contributed by atoms with van der Waals surface area (Å²) in [4.78, 5) is 29.9. The molecule has 3 rings (SSSR count). The number of hydrogen-bond donors (Lipinski definition) is 1. The van der Waals surface area contributed by atoms with Gasteiger partial charge in [0.2, 0.25) is 5.91 Å². The van der Waals surface area contributed by atoms with Gasteiger partial charge in [0.05, 0.1) is 4.88 Å². The van der Waals surface area contributed by atoms with Crippen LogP contribution in [0.4, 0.5) is 0 Å². The first-order chi connectivity index (χ1) is 12.7. The maximum absolute atomic E-state index is 12.4. The van der Waals surface area contributed by atoms with Crippen molar-refractivity contribution < 1.29 is 9.59 Å². The number of amides is 2. The summed E-state index contributed by atoms with van der Waals surface area (Å²) in [6.07, 6.45) is 7.93. The summed E-state index contributed by atoms with van der Waals surface area (Å²) in [5, 5.41) is 5.04. The van der Waals surface area contributed by atoms with Crippen LogP contribution in [0.1, 0.15) is 54.6 Å². The average molecular weight is 378 g/mol. The predicted molar refractivity (Wildman–Crippen MR) is 105 cm³/mol. The van der Waals surface area contributed by atoms with E-state index < -0.39 is 0 Å². The van der Waals surface area contributed by atoms with Crippen LogP contribution in [0.25, 0.3) is 0 Å². The van der Waals surface area contributed by atoms with E-state index in [1.807, 2.05) is 22.4 Å². The smallest absolute Gasteiger partial charge is 0.263 e. The van der Waals surface area contributed by atoms with E-state index in [0.29, 0.717) is 13.1 Å². The average Bonchev–Trinajstić information content (AvgIpc) is 3.09. The van der Waals surface area contributed by atoms with Gasteiger partial charge >= 0.3 is 0 Å². The minimum atomic E-state index is 0.0561. The van der Waals surface area contributed by atoms with Crippen molar-refractivity contribution in [1.29, 1.82) is 0 Å². The second-order valence-corrected chi connectivity index (χ2v) is 8.39. The lowest BCUT2D eigenvalue weighted by atomic mass is 9.95. The SMILES string of the molecule is O=C(NCCCN1CCCCCC1)C1CCN(C(=O)c2cccs2)CC1. The molecule has 1 aromatic heterocycles. The van der Waals surface area contributed by atoms with E-state index >= 15 is 0 Å². The third-order valence-corrected chi connectivity index (χ3v) is 6.39. The molecule has 2 fully saturated rings. The molecule has 6 heteroatoms. The lowest BCUT2D eigenvalue weighted by molar-refractivity contribution is -0.126. The maximum Gasteiger partial charge on any atom is 0.263 e. The van der Waals surface area contributed by atoms with Gasteiger partial charge in [-0.05, 0) is 63.2 Å². The van der Waals surface area contributed by atoms with Crippen molar-refractivity contribution in [1.82, 2.24) is 15.1 Å². The fraction of sp³-hybridized carbons (Fsp3) is 0.700. The molecule has 1 aromatic rings. The van der Waals surface area contributed by atoms with Crippen LogP contribution in [0.5, 0.6) is 0 Å². The molecule has 0 saturated carbocycles. The molecule has 2 amide bonds. The molecule has 0 aromatic carbocycles. The summed E-state index contributed by atoms with van der Waals surface area (Å²) >= 11 is 1.48. The highest BCUT2D eigenvalue weighted by Gasteiger charge is 2.27. The highest BCUT2D eigenvalue weighted by Crippen LogP contribution is 2.21. The molecule has 2 aliphatic heterocycles. The lowest BCUT2D eigenvalue weighted by Gasteiger charge is -2.31. The summed E-state index contributed by atoms with van der Waals surface area (Å²) in [6.45, 7) is 5.65. The maximum atomic E-state index is 12.4. The van der Waals surface area contributed by atoms with Crippen LogP contribution in [-0.2, 0) is 4.79 Å². The van der Waals surface area contributed by atoms with E-state index in [-0.39, 0.29) is 17.7 Å². The molecule has 0 aliphatic carbocycles. The van der Waals surface area contributed by atoms with Crippen LogP contribution in [0, 0.1) is 5.92 Å². The van der Waals surface area contributed by atoms with Crippen LogP contribution in [-0.4, -0.2) is 60.9 Å². The number of nitrogens with one attached hydrogen (secondary N) is 1. The first kappa shape index (κ1) is 19.4. The van der Waals surface area contributed by atoms with Crippen molar-refractivity contribution in [2.24, 2.45) is 5.92 Å². The normalized spacial score (nSPS) is 19.9. The van der Waals surface area contributed by atoms with Crippen molar-refractivity contribution in [3.63, 3.8) is 0 Å². The number of rotatable bonds is 6. The van der Waals surface area contributed by atoms with Gasteiger partial charge in [-0.25, -0.2) is 0 Å². The monoisotopic (exact) mass is 377 g/mol. The molecule has 0 bridgehead atoms. The molecule has 2 aliphatic rings. The summed E-state index contributed by atoms with van der Waals surface area (Å²) in [5.41, 5.74) is 0. The Hall–Kier alpha value is -1.40. The number of hydrogen-bond acceptors (Lipinski definition) is 4. The molecule has 2 saturated heterocycles. The molecule has 26 heavy (non-hydrogen) atoms. The fourth-order valence-corrected chi connectivity index (χ4v) is 4.61. The summed E-state index contributed by atoms with van der Waals surface area (Å²) in [6, 6.07) is 3.78. The van der Waals surface area contributed by atoms with Gasteiger partial charge in [-0.1, -0.05) is 18.9 Å². The van der Waals surface area contributed by atoms with E-state index in [0.717, 1.165) is 37.2 Å². The fourth-order valence-electron chi connectivity index (χ4n) is 3.92. The highest BCUT2D eigenvalue weighted by molar-refractivity contribution is 7.12. The molecule has 0 radical (unpaired) electrons. The second kappa shape index (κ2) is 10.1. The number of thiophene rings is 1. The lowest BCUT2D eigenvalue weighted by Crippen LogP contribution is -2.43.